The van der Waals surface area contributed by atoms with Gasteiger partial charge in [0.2, 0.25) is 0 Å². The number of rotatable bonds is 12. The summed E-state index contributed by atoms with van der Waals surface area (Å²) in [5, 5.41) is 0. The molecule has 0 aromatic carbocycles. The van der Waals surface area contributed by atoms with Gasteiger partial charge in [-0.05, 0) is 0 Å². The average molecular weight is 680 g/mol. The van der Waals surface area contributed by atoms with Gasteiger partial charge in [0.1, 0.15) is 6.61 Å². The van der Waals surface area contributed by atoms with Crippen LogP contribution in [0.25, 0.3) is 0 Å². The molecule has 0 spiro atoms. The number of phosphoric acid groups is 1. The number of phosphoric ester groups is 1. The van der Waals surface area contributed by atoms with Crippen LogP contribution in [-0.2, 0) is 9.09 Å². The van der Waals surface area contributed by atoms with Gasteiger partial charge in [-0.1, -0.05) is 0 Å². The Morgan fingerprint density at radius 2 is 0.600 bits per heavy atom. The van der Waals surface area contributed by atoms with Crippen molar-refractivity contribution in [1.29, 1.82) is 0 Å². The van der Waals surface area contributed by atoms with Crippen molar-refractivity contribution in [3.63, 3.8) is 0 Å². The fourth-order valence-corrected chi connectivity index (χ4v) is 2.37. The zero-order chi connectivity index (χ0) is 33.4. The smallest absolute Gasteiger partial charge is 0.303 e. The van der Waals surface area contributed by atoms with E-state index in [0.29, 0.717) is 0 Å². The molecule has 242 valence electrons. The van der Waals surface area contributed by atoms with Gasteiger partial charge < -0.3 is 9.79 Å². The summed E-state index contributed by atoms with van der Waals surface area (Å²) in [6, 6.07) is 0. The lowest BCUT2D eigenvalue weighted by atomic mass is 9.85. The number of alkyl halides is 23. The summed E-state index contributed by atoms with van der Waals surface area (Å²) in [7, 11) is -6.48. The van der Waals surface area contributed by atoms with Gasteiger partial charge >= 0.3 is 73.2 Å². The minimum Gasteiger partial charge on any atom is -0.303 e. The maximum Gasteiger partial charge on any atom is 0.469 e. The predicted octanol–water partition coefficient (Wildman–Crippen LogP) is 7.01. The van der Waals surface area contributed by atoms with E-state index in [1.54, 1.807) is 0 Å². The minimum atomic E-state index is -9.52. The summed E-state index contributed by atoms with van der Waals surface area (Å²) < 4.78 is 315. The van der Waals surface area contributed by atoms with E-state index in [2.05, 4.69) is 4.52 Å². The lowest BCUT2D eigenvalue weighted by Crippen LogP contribution is -2.77. The van der Waals surface area contributed by atoms with E-state index in [0.717, 1.165) is 0 Å². The van der Waals surface area contributed by atoms with Crippen molar-refractivity contribution in [2.24, 2.45) is 0 Å². The Labute approximate surface area is 201 Å². The molecule has 0 aliphatic heterocycles. The minimum absolute atomic E-state index is 2.49. The molecule has 4 nitrogen and oxygen atoms in total. The second kappa shape index (κ2) is 9.50. The van der Waals surface area contributed by atoms with Crippen LogP contribution in [0.1, 0.15) is 0 Å². The largest absolute Gasteiger partial charge is 0.469 e. The first-order valence-corrected chi connectivity index (χ1v) is 9.78. The number of halogens is 23. The topological polar surface area (TPSA) is 66.8 Å². The van der Waals surface area contributed by atoms with Gasteiger partial charge in [0.15, 0.2) is 0 Å². The molecule has 0 aliphatic carbocycles. The standard InChI is InChI=1S/C12H4F23O4P/c13-2(14,1-39-40(36,37)38)3(15,16)4(17,18)5(19,20)6(21,22)7(23,24)8(25,26)9(27,28)10(29,30)11(31,32)12(33,34)35/h1H2,(H2,36,37,38). The van der Waals surface area contributed by atoms with Crippen LogP contribution in [0.3, 0.4) is 0 Å². The van der Waals surface area contributed by atoms with Crippen LogP contribution >= 0.6 is 7.82 Å². The Morgan fingerprint density at radius 1 is 0.400 bits per heavy atom. The molecule has 0 bridgehead atoms. The molecule has 0 unspecified atom stereocenters. The third-order valence-electron chi connectivity index (χ3n) is 4.38. The fraction of sp³-hybridized carbons (Fsp3) is 1.00. The van der Waals surface area contributed by atoms with E-state index >= 15 is 0 Å². The second-order valence-corrected chi connectivity index (χ2v) is 8.38. The SMILES string of the molecule is O=P(O)(O)OCC(F)(F)C(F)(F)C(F)(F)C(F)(F)C(F)(F)C(F)(F)C(F)(F)C(F)(F)C(F)(F)C(F)(F)C(F)(F)F. The molecule has 0 fully saturated rings. The Hall–Kier alpha value is -1.50. The summed E-state index contributed by atoms with van der Waals surface area (Å²) in [4.78, 5) is 16.0. The molecule has 40 heavy (non-hydrogen) atoms. The molecule has 0 rings (SSSR count). The molecule has 0 atom stereocenters. The summed E-state index contributed by atoms with van der Waals surface area (Å²) >= 11 is 0. The fourth-order valence-electron chi connectivity index (χ4n) is 2.04. The Bertz CT molecular complexity index is 977. The molecule has 0 radical (unpaired) electrons. The lowest BCUT2D eigenvalue weighted by Gasteiger charge is -2.45. The van der Waals surface area contributed by atoms with Gasteiger partial charge in [-0.15, -0.1) is 0 Å². The molecule has 0 aromatic heterocycles. The van der Waals surface area contributed by atoms with Gasteiger partial charge in [-0.3, -0.25) is 4.52 Å². The molecule has 2 N–H and O–H groups in total. The highest BCUT2D eigenvalue weighted by atomic mass is 31.2. The monoisotopic (exact) mass is 680 g/mol. The highest BCUT2D eigenvalue weighted by molar-refractivity contribution is 7.46. The number of hydrogen-bond donors (Lipinski definition) is 2. The van der Waals surface area contributed by atoms with E-state index in [1.165, 1.54) is 0 Å². The zero-order valence-electron chi connectivity index (χ0n) is 17.1. The third-order valence-corrected chi connectivity index (χ3v) is 4.85. The highest BCUT2D eigenvalue weighted by Crippen LogP contribution is 2.67. The summed E-state index contributed by atoms with van der Waals surface area (Å²) in [6.07, 6.45) is -8.15. The summed E-state index contributed by atoms with van der Waals surface area (Å²) in [5.74, 6) is -89.5. The second-order valence-electron chi connectivity index (χ2n) is 7.14. The molecule has 0 heterocycles. The normalized spacial score (nSPS) is 16.9. The molecule has 0 amide bonds. The van der Waals surface area contributed by atoms with E-state index in [9.17, 15) is 106 Å². The quantitative estimate of drug-likeness (QED) is 0.172. The van der Waals surface area contributed by atoms with Crippen molar-refractivity contribution in [2.75, 3.05) is 6.61 Å². The van der Waals surface area contributed by atoms with Crippen molar-refractivity contribution < 1.29 is 120 Å². The van der Waals surface area contributed by atoms with Crippen molar-refractivity contribution >= 4 is 7.82 Å². The first-order valence-electron chi connectivity index (χ1n) is 8.25. The van der Waals surface area contributed by atoms with Crippen LogP contribution in [0.15, 0.2) is 0 Å². The highest BCUT2D eigenvalue weighted by Gasteiger charge is 2.98. The predicted molar refractivity (Wildman–Crippen MR) is 73.5 cm³/mol. The van der Waals surface area contributed by atoms with Gasteiger partial charge in [0, 0.05) is 0 Å². The maximum absolute atomic E-state index is 13.5. The Balaban J connectivity index is 7.13. The summed E-state index contributed by atoms with van der Waals surface area (Å²) in [5.41, 5.74) is 0. The number of hydrogen-bond acceptors (Lipinski definition) is 2. The van der Waals surface area contributed by atoms with Crippen molar-refractivity contribution in [3.8, 4) is 0 Å². The molecule has 0 saturated carbocycles. The average Bonchev–Trinajstić information content (AvgIpc) is 2.69. The van der Waals surface area contributed by atoms with Crippen LogP contribution in [0.2, 0.25) is 0 Å². The Kier molecular flexibility index (Phi) is 9.15. The lowest BCUT2D eigenvalue weighted by molar-refractivity contribution is -0.478. The third kappa shape index (κ3) is 5.04. The first-order chi connectivity index (χ1) is 16.7. The van der Waals surface area contributed by atoms with Gasteiger partial charge in [0.25, 0.3) is 0 Å². The van der Waals surface area contributed by atoms with E-state index in [1.807, 2.05) is 0 Å². The van der Waals surface area contributed by atoms with Crippen LogP contribution in [0, 0.1) is 0 Å². The van der Waals surface area contributed by atoms with Gasteiger partial charge in [-0.25, -0.2) is 4.57 Å². The molecular weight excluding hydrogens is 676 g/mol. The summed E-state index contributed by atoms with van der Waals surface area (Å²) in [6.45, 7) is -3.90. The molecule has 0 saturated heterocycles. The zero-order valence-corrected chi connectivity index (χ0v) is 18.0. The molecule has 0 aliphatic rings. The van der Waals surface area contributed by atoms with E-state index in [-0.39, 0.29) is 0 Å². The molecule has 0 aromatic rings. The molecular formula is C12H4F23O4P. The van der Waals surface area contributed by atoms with Crippen molar-refractivity contribution in [3.05, 3.63) is 0 Å². The maximum atomic E-state index is 13.5. The van der Waals surface area contributed by atoms with Crippen LogP contribution in [0.4, 0.5) is 101 Å². The van der Waals surface area contributed by atoms with Crippen LogP contribution in [-0.4, -0.2) is 81.8 Å². The van der Waals surface area contributed by atoms with Gasteiger partial charge in [-0.2, -0.15) is 101 Å². The molecule has 28 heteroatoms. The van der Waals surface area contributed by atoms with E-state index in [4.69, 9.17) is 9.79 Å². The Morgan fingerprint density at radius 3 is 0.800 bits per heavy atom. The van der Waals surface area contributed by atoms with E-state index < -0.39 is 79.8 Å². The van der Waals surface area contributed by atoms with Crippen molar-refractivity contribution in [1.82, 2.24) is 0 Å². The van der Waals surface area contributed by atoms with Crippen molar-refractivity contribution in [2.45, 2.75) is 65.4 Å². The van der Waals surface area contributed by atoms with Gasteiger partial charge in [0.05, 0.1) is 0 Å². The van der Waals surface area contributed by atoms with Crippen LogP contribution < -0.4 is 0 Å². The first kappa shape index (κ1) is 38.5. The van der Waals surface area contributed by atoms with Crippen LogP contribution in [0.5, 0.6) is 0 Å².